The molecule has 0 aliphatic carbocycles. The number of nitrogens with two attached hydrogens (primary N) is 1. The second kappa shape index (κ2) is 4.21. The van der Waals surface area contributed by atoms with Crippen molar-refractivity contribution in [2.75, 3.05) is 6.61 Å². The molecule has 0 spiro atoms. The fraction of sp³-hybridized carbons (Fsp3) is 0.800. The van der Waals surface area contributed by atoms with Crippen LogP contribution < -0.4 is 11.1 Å². The van der Waals surface area contributed by atoms with E-state index in [0.29, 0.717) is 0 Å². The van der Waals surface area contributed by atoms with Crippen LogP contribution in [-0.4, -0.2) is 35.0 Å². The molecule has 0 aromatic carbocycles. The summed E-state index contributed by atoms with van der Waals surface area (Å²) in [6, 6.07) is -0.958. The van der Waals surface area contributed by atoms with E-state index >= 15 is 0 Å². The molecule has 10 heavy (non-hydrogen) atoms. The summed E-state index contributed by atoms with van der Waals surface area (Å²) in [4.78, 5) is 10.2. The zero-order valence-electron chi connectivity index (χ0n) is 5.74. The Kier molecular flexibility index (Phi) is 3.94. The molecule has 60 valence electrons. The summed E-state index contributed by atoms with van der Waals surface area (Å²) in [6.07, 6.45) is -0.423. The molecule has 5 nitrogen and oxygen atoms in total. The Bertz CT molecular complexity index is 115. The minimum absolute atomic E-state index is 0.423. The van der Waals surface area contributed by atoms with Gasteiger partial charge in [-0.15, -0.1) is 0 Å². The predicted molar refractivity (Wildman–Crippen MR) is 35.3 cm³/mol. The van der Waals surface area contributed by atoms with Gasteiger partial charge in [0, 0.05) is 0 Å². The van der Waals surface area contributed by atoms with Crippen LogP contribution in [0.5, 0.6) is 0 Å². The van der Waals surface area contributed by atoms with E-state index < -0.39 is 24.8 Å². The van der Waals surface area contributed by atoms with Crippen LogP contribution >= 0.6 is 0 Å². The molecule has 0 aliphatic rings. The Labute approximate surface area is 58.8 Å². The number of aliphatic carboxylic acids is 1. The van der Waals surface area contributed by atoms with Crippen molar-refractivity contribution < 1.29 is 15.0 Å². The first kappa shape index (κ1) is 9.35. The second-order valence-electron chi connectivity index (χ2n) is 2.03. The highest BCUT2D eigenvalue weighted by molar-refractivity contribution is 5.73. The van der Waals surface area contributed by atoms with Gasteiger partial charge in [0.15, 0.2) is 0 Å². The normalized spacial score (nSPS) is 16.3. The van der Waals surface area contributed by atoms with Crippen molar-refractivity contribution in [1.29, 1.82) is 0 Å². The van der Waals surface area contributed by atoms with Gasteiger partial charge in [-0.25, -0.2) is 0 Å². The van der Waals surface area contributed by atoms with E-state index in [1.807, 2.05) is 0 Å². The van der Waals surface area contributed by atoms with Gasteiger partial charge in [0.25, 0.3) is 0 Å². The molecule has 0 aromatic rings. The average Bonchev–Trinajstić information content (AvgIpc) is 1.81. The highest BCUT2D eigenvalue weighted by atomic mass is 16.4. The minimum atomic E-state index is -1.10. The summed E-state index contributed by atoms with van der Waals surface area (Å²) < 4.78 is 0. The highest BCUT2D eigenvalue weighted by Crippen LogP contribution is 1.82. The van der Waals surface area contributed by atoms with E-state index in [4.69, 9.17) is 15.9 Å². The molecule has 0 heterocycles. The number of nitrogens with one attached hydrogen (secondary N) is 1. The fourth-order valence-corrected chi connectivity index (χ4v) is 0.519. The first-order valence-corrected chi connectivity index (χ1v) is 2.93. The molecular formula is C5H12N2O3. The molecule has 0 radical (unpaired) electrons. The number of carboxylic acids is 1. The SMILES string of the molecule is CC(N)N[C@@H](CO)C(=O)O. The van der Waals surface area contributed by atoms with E-state index in [1.54, 1.807) is 6.92 Å². The minimum Gasteiger partial charge on any atom is -0.480 e. The van der Waals surface area contributed by atoms with Crippen LogP contribution in [0, 0.1) is 0 Å². The quantitative estimate of drug-likeness (QED) is 0.357. The zero-order valence-corrected chi connectivity index (χ0v) is 5.74. The molecule has 0 rings (SSSR count). The van der Waals surface area contributed by atoms with Crippen molar-refractivity contribution in [3.8, 4) is 0 Å². The van der Waals surface area contributed by atoms with E-state index in [-0.39, 0.29) is 0 Å². The van der Waals surface area contributed by atoms with Gasteiger partial charge in [-0.1, -0.05) is 0 Å². The number of hydrogen-bond acceptors (Lipinski definition) is 4. The topological polar surface area (TPSA) is 95.6 Å². The maximum atomic E-state index is 10.2. The lowest BCUT2D eigenvalue weighted by Gasteiger charge is -2.13. The molecule has 1 unspecified atom stereocenters. The third kappa shape index (κ3) is 3.39. The number of hydrogen-bond donors (Lipinski definition) is 4. The van der Waals surface area contributed by atoms with Gasteiger partial charge in [-0.05, 0) is 6.92 Å². The van der Waals surface area contributed by atoms with E-state index in [2.05, 4.69) is 5.32 Å². The summed E-state index contributed by atoms with van der Waals surface area (Å²) in [5, 5.41) is 19.2. The number of carboxylic acid groups (broad SMARTS) is 1. The summed E-state index contributed by atoms with van der Waals surface area (Å²) in [5.41, 5.74) is 5.22. The first-order chi connectivity index (χ1) is 4.57. The van der Waals surface area contributed by atoms with Gasteiger partial charge in [-0.2, -0.15) is 0 Å². The van der Waals surface area contributed by atoms with Crippen LogP contribution in [0.15, 0.2) is 0 Å². The molecule has 2 atom stereocenters. The molecule has 0 amide bonds. The molecule has 0 bridgehead atoms. The van der Waals surface area contributed by atoms with Gasteiger partial charge in [0.2, 0.25) is 0 Å². The lowest BCUT2D eigenvalue weighted by molar-refractivity contribution is -0.140. The molecule has 0 aliphatic heterocycles. The van der Waals surface area contributed by atoms with Crippen LogP contribution in [0.3, 0.4) is 0 Å². The van der Waals surface area contributed by atoms with Gasteiger partial charge >= 0.3 is 5.97 Å². The first-order valence-electron chi connectivity index (χ1n) is 2.93. The Morgan fingerprint density at radius 2 is 2.30 bits per heavy atom. The van der Waals surface area contributed by atoms with E-state index in [0.717, 1.165) is 0 Å². The van der Waals surface area contributed by atoms with Crippen molar-refractivity contribution in [3.05, 3.63) is 0 Å². The van der Waals surface area contributed by atoms with Crippen LogP contribution in [0.25, 0.3) is 0 Å². The standard InChI is InChI=1S/C5H12N2O3/c1-3(6)7-4(2-8)5(9)10/h3-4,7-8H,2,6H2,1H3,(H,9,10)/t3?,4-/m0/s1. The molecule has 5 N–H and O–H groups in total. The van der Waals surface area contributed by atoms with Gasteiger partial charge in [-0.3, -0.25) is 10.1 Å². The third-order valence-corrected chi connectivity index (χ3v) is 0.945. The molecule has 5 heteroatoms. The molecule has 0 fully saturated rings. The zero-order chi connectivity index (χ0) is 8.15. The lowest BCUT2D eigenvalue weighted by Crippen LogP contribution is -2.48. The van der Waals surface area contributed by atoms with Crippen molar-refractivity contribution in [2.45, 2.75) is 19.1 Å². The van der Waals surface area contributed by atoms with Crippen molar-refractivity contribution in [1.82, 2.24) is 5.32 Å². The van der Waals surface area contributed by atoms with Gasteiger partial charge in [0.1, 0.15) is 6.04 Å². The maximum absolute atomic E-state index is 10.2. The summed E-state index contributed by atoms with van der Waals surface area (Å²) >= 11 is 0. The van der Waals surface area contributed by atoms with Crippen LogP contribution in [0.2, 0.25) is 0 Å². The molecule has 0 saturated heterocycles. The molecule has 0 aromatic heterocycles. The Morgan fingerprint density at radius 3 is 2.40 bits per heavy atom. The maximum Gasteiger partial charge on any atom is 0.323 e. The molecule has 0 saturated carbocycles. The largest absolute Gasteiger partial charge is 0.480 e. The third-order valence-electron chi connectivity index (χ3n) is 0.945. The van der Waals surface area contributed by atoms with Crippen LogP contribution in [-0.2, 0) is 4.79 Å². The second-order valence-corrected chi connectivity index (χ2v) is 2.03. The van der Waals surface area contributed by atoms with Crippen LogP contribution in [0.1, 0.15) is 6.92 Å². The Balaban J connectivity index is 3.72. The Morgan fingerprint density at radius 1 is 1.80 bits per heavy atom. The number of aliphatic hydroxyl groups is 1. The van der Waals surface area contributed by atoms with Crippen LogP contribution in [0.4, 0.5) is 0 Å². The van der Waals surface area contributed by atoms with Crippen molar-refractivity contribution in [2.24, 2.45) is 5.73 Å². The predicted octanol–water partition coefficient (Wildman–Crippen LogP) is -1.67. The van der Waals surface area contributed by atoms with Crippen molar-refractivity contribution in [3.63, 3.8) is 0 Å². The van der Waals surface area contributed by atoms with Crippen molar-refractivity contribution >= 4 is 5.97 Å². The number of rotatable bonds is 4. The smallest absolute Gasteiger partial charge is 0.323 e. The number of carbonyl (C=O) groups is 1. The number of aliphatic hydroxyl groups excluding tert-OH is 1. The Hall–Kier alpha value is -0.650. The fourth-order valence-electron chi connectivity index (χ4n) is 0.519. The average molecular weight is 148 g/mol. The van der Waals surface area contributed by atoms with E-state index in [1.165, 1.54) is 0 Å². The lowest BCUT2D eigenvalue weighted by atomic mass is 10.3. The monoisotopic (exact) mass is 148 g/mol. The highest BCUT2D eigenvalue weighted by Gasteiger charge is 2.15. The summed E-state index contributed by atoms with van der Waals surface area (Å²) in [6.45, 7) is 1.16. The molecular weight excluding hydrogens is 136 g/mol. The van der Waals surface area contributed by atoms with E-state index in [9.17, 15) is 4.79 Å². The van der Waals surface area contributed by atoms with Gasteiger partial charge in [0.05, 0.1) is 12.8 Å². The van der Waals surface area contributed by atoms with Gasteiger partial charge < -0.3 is 15.9 Å². The summed E-state index contributed by atoms with van der Waals surface area (Å²) in [5.74, 6) is -1.10. The summed E-state index contributed by atoms with van der Waals surface area (Å²) in [7, 11) is 0.